The maximum atomic E-state index is 12.7. The zero-order chi connectivity index (χ0) is 14.5. The van der Waals surface area contributed by atoms with Crippen LogP contribution in [-0.4, -0.2) is 42.4 Å². The molecule has 20 heavy (non-hydrogen) atoms. The molecule has 1 saturated heterocycles. The van der Waals surface area contributed by atoms with Gasteiger partial charge in [-0.25, -0.2) is 0 Å². The second kappa shape index (κ2) is 6.52. The highest BCUT2D eigenvalue weighted by Gasteiger charge is 2.30. The molecule has 2 rings (SSSR count). The van der Waals surface area contributed by atoms with E-state index in [0.717, 1.165) is 25.1 Å². The van der Waals surface area contributed by atoms with Crippen molar-refractivity contribution in [2.24, 2.45) is 5.73 Å². The summed E-state index contributed by atoms with van der Waals surface area (Å²) in [6.45, 7) is 3.45. The fourth-order valence-corrected chi connectivity index (χ4v) is 2.59. The summed E-state index contributed by atoms with van der Waals surface area (Å²) in [5.41, 5.74) is 6.24. The number of nitrogens with zero attached hydrogens (tertiary/aromatic N) is 1. The van der Waals surface area contributed by atoms with E-state index in [1.807, 2.05) is 37.3 Å². The number of benzene rings is 1. The molecule has 1 aromatic carbocycles. The van der Waals surface area contributed by atoms with Gasteiger partial charge in [-0.3, -0.25) is 9.59 Å². The molecule has 3 N–H and O–H groups in total. The van der Waals surface area contributed by atoms with E-state index in [1.165, 1.54) is 0 Å². The molecule has 5 heteroatoms. The third-order valence-electron chi connectivity index (χ3n) is 3.75. The van der Waals surface area contributed by atoms with Gasteiger partial charge in [0.15, 0.2) is 0 Å². The predicted molar refractivity (Wildman–Crippen MR) is 77.0 cm³/mol. The monoisotopic (exact) mass is 275 g/mol. The quantitative estimate of drug-likeness (QED) is 0.820. The molecule has 0 bridgehead atoms. The standard InChI is InChI=1S/C15H21N3O2/c1-11(12-5-3-2-4-6-12)15(20)18(10-14(16)19)13-7-8-17-9-13/h2-6,11,13,17H,7-10H2,1H3,(H2,16,19). The molecule has 0 aromatic heterocycles. The molecular weight excluding hydrogens is 254 g/mol. The van der Waals surface area contributed by atoms with Crippen molar-refractivity contribution in [2.45, 2.75) is 25.3 Å². The molecule has 1 aromatic rings. The van der Waals surface area contributed by atoms with Crippen molar-refractivity contribution in [1.29, 1.82) is 0 Å². The number of hydrogen-bond donors (Lipinski definition) is 2. The lowest BCUT2D eigenvalue weighted by Crippen LogP contribution is -2.47. The fraction of sp³-hybridized carbons (Fsp3) is 0.467. The van der Waals surface area contributed by atoms with Gasteiger partial charge < -0.3 is 16.0 Å². The van der Waals surface area contributed by atoms with Crippen molar-refractivity contribution in [3.63, 3.8) is 0 Å². The highest BCUT2D eigenvalue weighted by molar-refractivity contribution is 5.88. The van der Waals surface area contributed by atoms with Crippen LogP contribution in [0.3, 0.4) is 0 Å². The summed E-state index contributed by atoms with van der Waals surface area (Å²) in [5.74, 6) is -0.773. The smallest absolute Gasteiger partial charge is 0.237 e. The van der Waals surface area contributed by atoms with Crippen LogP contribution in [0.2, 0.25) is 0 Å². The number of primary amides is 1. The van der Waals surface area contributed by atoms with Gasteiger partial charge in [0.05, 0.1) is 12.5 Å². The van der Waals surface area contributed by atoms with E-state index in [-0.39, 0.29) is 24.4 Å². The number of amides is 2. The van der Waals surface area contributed by atoms with E-state index in [1.54, 1.807) is 4.90 Å². The zero-order valence-corrected chi connectivity index (χ0v) is 11.7. The van der Waals surface area contributed by atoms with Gasteiger partial charge in [-0.15, -0.1) is 0 Å². The molecule has 0 saturated carbocycles. The fourth-order valence-electron chi connectivity index (χ4n) is 2.59. The molecular formula is C15H21N3O2. The van der Waals surface area contributed by atoms with Crippen LogP contribution in [-0.2, 0) is 9.59 Å². The minimum Gasteiger partial charge on any atom is -0.368 e. The van der Waals surface area contributed by atoms with Crippen molar-refractivity contribution in [3.05, 3.63) is 35.9 Å². The second-order valence-corrected chi connectivity index (χ2v) is 5.21. The lowest BCUT2D eigenvalue weighted by molar-refractivity contribution is -0.138. The summed E-state index contributed by atoms with van der Waals surface area (Å²) in [6, 6.07) is 9.66. The number of rotatable bonds is 5. The first-order chi connectivity index (χ1) is 9.59. The van der Waals surface area contributed by atoms with E-state index in [0.29, 0.717) is 0 Å². The number of hydrogen-bond acceptors (Lipinski definition) is 3. The van der Waals surface area contributed by atoms with E-state index in [9.17, 15) is 9.59 Å². The molecule has 1 heterocycles. The first kappa shape index (κ1) is 14.5. The lowest BCUT2D eigenvalue weighted by Gasteiger charge is -2.30. The SMILES string of the molecule is CC(C(=O)N(CC(N)=O)C1CCNC1)c1ccccc1. The van der Waals surface area contributed by atoms with Gasteiger partial charge in [-0.2, -0.15) is 0 Å². The highest BCUT2D eigenvalue weighted by Crippen LogP contribution is 2.20. The van der Waals surface area contributed by atoms with Gasteiger partial charge in [0, 0.05) is 12.6 Å². The summed E-state index contributed by atoms with van der Waals surface area (Å²) in [7, 11) is 0. The Hall–Kier alpha value is -1.88. The Labute approximate surface area is 119 Å². The Morgan fingerprint density at radius 2 is 2.10 bits per heavy atom. The maximum absolute atomic E-state index is 12.7. The number of carbonyl (C=O) groups excluding carboxylic acids is 2. The van der Waals surface area contributed by atoms with Crippen LogP contribution >= 0.6 is 0 Å². The van der Waals surface area contributed by atoms with E-state index in [4.69, 9.17) is 5.73 Å². The summed E-state index contributed by atoms with van der Waals surface area (Å²) < 4.78 is 0. The van der Waals surface area contributed by atoms with E-state index >= 15 is 0 Å². The molecule has 2 unspecified atom stereocenters. The molecule has 2 amide bonds. The largest absolute Gasteiger partial charge is 0.368 e. The molecule has 0 radical (unpaired) electrons. The number of nitrogens with two attached hydrogens (primary N) is 1. The van der Waals surface area contributed by atoms with Crippen molar-refractivity contribution in [1.82, 2.24) is 10.2 Å². The van der Waals surface area contributed by atoms with E-state index < -0.39 is 5.91 Å². The Kier molecular flexibility index (Phi) is 4.74. The molecule has 2 atom stereocenters. The minimum absolute atomic E-state index is 0.0116. The van der Waals surface area contributed by atoms with E-state index in [2.05, 4.69) is 5.32 Å². The summed E-state index contributed by atoms with van der Waals surface area (Å²) in [4.78, 5) is 25.5. The Balaban J connectivity index is 2.15. The van der Waals surface area contributed by atoms with Crippen molar-refractivity contribution < 1.29 is 9.59 Å². The Morgan fingerprint density at radius 1 is 1.40 bits per heavy atom. The normalized spacial score (nSPS) is 19.6. The van der Waals surface area contributed by atoms with Gasteiger partial charge in [-0.1, -0.05) is 30.3 Å². The predicted octanol–water partition coefficient (Wildman–Crippen LogP) is 0.466. The molecule has 108 valence electrons. The second-order valence-electron chi connectivity index (χ2n) is 5.21. The summed E-state index contributed by atoms with van der Waals surface area (Å²) in [5, 5.41) is 3.21. The molecule has 5 nitrogen and oxygen atoms in total. The average Bonchev–Trinajstić information content (AvgIpc) is 2.98. The maximum Gasteiger partial charge on any atom is 0.237 e. The molecule has 1 aliphatic rings. The van der Waals surface area contributed by atoms with Crippen LogP contribution in [0.5, 0.6) is 0 Å². The first-order valence-corrected chi connectivity index (χ1v) is 6.94. The molecule has 1 fully saturated rings. The van der Waals surface area contributed by atoms with Crippen molar-refractivity contribution >= 4 is 11.8 Å². The van der Waals surface area contributed by atoms with Crippen LogP contribution in [0, 0.1) is 0 Å². The Bertz CT molecular complexity index is 469. The zero-order valence-electron chi connectivity index (χ0n) is 11.7. The molecule has 0 spiro atoms. The highest BCUT2D eigenvalue weighted by atomic mass is 16.2. The molecule has 0 aliphatic carbocycles. The van der Waals surface area contributed by atoms with Gasteiger partial charge in [0.1, 0.15) is 0 Å². The van der Waals surface area contributed by atoms with Crippen LogP contribution in [0.25, 0.3) is 0 Å². The van der Waals surface area contributed by atoms with Crippen molar-refractivity contribution in [2.75, 3.05) is 19.6 Å². The lowest BCUT2D eigenvalue weighted by atomic mass is 9.98. The minimum atomic E-state index is -0.467. The van der Waals surface area contributed by atoms with Gasteiger partial charge in [0.25, 0.3) is 0 Å². The number of carbonyl (C=O) groups is 2. The average molecular weight is 275 g/mol. The van der Waals surface area contributed by atoms with Crippen molar-refractivity contribution in [3.8, 4) is 0 Å². The van der Waals surface area contributed by atoms with Gasteiger partial charge in [-0.05, 0) is 25.5 Å². The summed E-state index contributed by atoms with van der Waals surface area (Å²) >= 11 is 0. The summed E-state index contributed by atoms with van der Waals surface area (Å²) in [6.07, 6.45) is 0.862. The Morgan fingerprint density at radius 3 is 2.65 bits per heavy atom. The van der Waals surface area contributed by atoms with Gasteiger partial charge >= 0.3 is 0 Å². The van der Waals surface area contributed by atoms with Crippen LogP contribution in [0.4, 0.5) is 0 Å². The van der Waals surface area contributed by atoms with Crippen LogP contribution in [0.15, 0.2) is 30.3 Å². The first-order valence-electron chi connectivity index (χ1n) is 6.94. The number of nitrogens with one attached hydrogen (secondary N) is 1. The topological polar surface area (TPSA) is 75.4 Å². The van der Waals surface area contributed by atoms with Crippen LogP contribution < -0.4 is 11.1 Å². The third kappa shape index (κ3) is 3.36. The third-order valence-corrected chi connectivity index (χ3v) is 3.75. The van der Waals surface area contributed by atoms with Gasteiger partial charge in [0.2, 0.25) is 11.8 Å². The molecule has 1 aliphatic heterocycles. The van der Waals surface area contributed by atoms with Crippen LogP contribution in [0.1, 0.15) is 24.8 Å².